The average Bonchev–Trinajstić information content (AvgIpc) is 2.63. The molecule has 1 heterocycles. The summed E-state index contributed by atoms with van der Waals surface area (Å²) in [6.07, 6.45) is -4.75. The maximum Gasteiger partial charge on any atom is 0.416 e. The smallest absolute Gasteiger partial charge is 0.416 e. The van der Waals surface area contributed by atoms with E-state index in [1.54, 1.807) is 32.0 Å². The summed E-state index contributed by atoms with van der Waals surface area (Å²) in [5.74, 6) is -0.538. The van der Waals surface area contributed by atoms with Crippen molar-refractivity contribution in [3.05, 3.63) is 52.0 Å². The molecular weight excluding hydrogens is 444 g/mol. The molecule has 2 aromatic rings. The molecule has 10 heteroatoms. The number of fused-ring (bicyclic) bond motifs is 1. The lowest BCUT2D eigenvalue weighted by Gasteiger charge is -2.38. The number of nitrogens with zero attached hydrogens (tertiary/aromatic N) is 1. The van der Waals surface area contributed by atoms with Crippen LogP contribution >= 0.6 is 23.2 Å². The third kappa shape index (κ3) is 4.65. The molecule has 0 fully saturated rings. The molecule has 5 nitrogen and oxygen atoms in total. The fourth-order valence-electron chi connectivity index (χ4n) is 2.99. The van der Waals surface area contributed by atoms with Crippen LogP contribution in [0.25, 0.3) is 0 Å². The van der Waals surface area contributed by atoms with E-state index < -0.39 is 23.2 Å². The highest BCUT2D eigenvalue weighted by Crippen LogP contribution is 2.39. The number of alkyl halides is 3. The molecule has 0 saturated carbocycles. The van der Waals surface area contributed by atoms with Gasteiger partial charge in [0.25, 0.3) is 5.91 Å². The van der Waals surface area contributed by atoms with Crippen molar-refractivity contribution in [1.82, 2.24) is 0 Å². The monoisotopic (exact) mass is 460 g/mol. The van der Waals surface area contributed by atoms with Gasteiger partial charge in [0, 0.05) is 18.0 Å². The highest BCUT2D eigenvalue weighted by molar-refractivity contribution is 6.33. The Morgan fingerprint density at radius 2 is 1.87 bits per heavy atom. The SMILES string of the molecule is CC1(C)Oc2ccc(Cl)cc2N(CCC(=O)Nc2cc(C(F)(F)F)ccc2Cl)C1=O. The molecule has 1 N–H and O–H groups in total. The fraction of sp³-hybridized carbons (Fsp3) is 0.300. The van der Waals surface area contributed by atoms with Crippen molar-refractivity contribution >= 4 is 46.4 Å². The molecule has 0 spiro atoms. The number of anilines is 2. The topological polar surface area (TPSA) is 58.6 Å². The van der Waals surface area contributed by atoms with Gasteiger partial charge in [-0.1, -0.05) is 23.2 Å². The highest BCUT2D eigenvalue weighted by Gasteiger charge is 2.41. The third-order valence-corrected chi connectivity index (χ3v) is 5.03. The molecule has 0 unspecified atom stereocenters. The summed E-state index contributed by atoms with van der Waals surface area (Å²) >= 11 is 11.9. The molecular formula is C20H17Cl2F3N2O3. The summed E-state index contributed by atoms with van der Waals surface area (Å²) in [7, 11) is 0. The minimum absolute atomic E-state index is 0.0264. The Labute approximate surface area is 180 Å². The van der Waals surface area contributed by atoms with Gasteiger partial charge in [-0.2, -0.15) is 13.2 Å². The molecule has 2 aromatic carbocycles. The van der Waals surface area contributed by atoms with Gasteiger partial charge >= 0.3 is 6.18 Å². The number of hydrogen-bond donors (Lipinski definition) is 1. The van der Waals surface area contributed by atoms with Crippen LogP contribution in [0.5, 0.6) is 5.75 Å². The predicted molar refractivity (Wildman–Crippen MR) is 108 cm³/mol. The average molecular weight is 461 g/mol. The summed E-state index contributed by atoms with van der Waals surface area (Å²) in [6.45, 7) is 3.17. The van der Waals surface area contributed by atoms with Crippen LogP contribution in [-0.4, -0.2) is 24.0 Å². The molecule has 30 heavy (non-hydrogen) atoms. The molecule has 0 saturated heterocycles. The summed E-state index contributed by atoms with van der Waals surface area (Å²) in [5, 5.41) is 2.72. The maximum absolute atomic E-state index is 12.9. The molecule has 1 aliphatic heterocycles. The molecule has 1 aliphatic rings. The van der Waals surface area contributed by atoms with E-state index in [1.807, 2.05) is 0 Å². The van der Waals surface area contributed by atoms with Gasteiger partial charge in [-0.15, -0.1) is 0 Å². The van der Waals surface area contributed by atoms with Crippen molar-refractivity contribution in [3.63, 3.8) is 0 Å². The Balaban J connectivity index is 1.76. The first-order chi connectivity index (χ1) is 13.9. The van der Waals surface area contributed by atoms with Crippen LogP contribution in [0.4, 0.5) is 24.5 Å². The van der Waals surface area contributed by atoms with Crippen molar-refractivity contribution in [2.45, 2.75) is 32.0 Å². The zero-order valence-electron chi connectivity index (χ0n) is 15.9. The first-order valence-corrected chi connectivity index (χ1v) is 9.61. The number of ether oxygens (including phenoxy) is 1. The minimum Gasteiger partial charge on any atom is -0.476 e. The molecule has 0 aliphatic carbocycles. The van der Waals surface area contributed by atoms with Crippen LogP contribution in [0.1, 0.15) is 25.8 Å². The van der Waals surface area contributed by atoms with Crippen LogP contribution < -0.4 is 15.0 Å². The number of benzene rings is 2. The van der Waals surface area contributed by atoms with Gasteiger partial charge in [-0.25, -0.2) is 0 Å². The molecule has 0 aromatic heterocycles. The van der Waals surface area contributed by atoms with E-state index in [4.69, 9.17) is 27.9 Å². The number of carbonyl (C=O) groups excluding carboxylic acids is 2. The van der Waals surface area contributed by atoms with Crippen molar-refractivity contribution in [2.24, 2.45) is 0 Å². The molecule has 2 amide bonds. The summed E-state index contributed by atoms with van der Waals surface area (Å²) in [6, 6.07) is 7.44. The first-order valence-electron chi connectivity index (χ1n) is 8.85. The van der Waals surface area contributed by atoms with E-state index in [2.05, 4.69) is 5.32 Å². The second-order valence-corrected chi connectivity index (χ2v) is 8.02. The Bertz CT molecular complexity index is 1010. The van der Waals surface area contributed by atoms with E-state index >= 15 is 0 Å². The molecule has 160 valence electrons. The lowest BCUT2D eigenvalue weighted by atomic mass is 10.0. The Kier molecular flexibility index (Phi) is 5.93. The van der Waals surface area contributed by atoms with E-state index in [9.17, 15) is 22.8 Å². The zero-order valence-corrected chi connectivity index (χ0v) is 17.5. The Morgan fingerprint density at radius 1 is 1.17 bits per heavy atom. The van der Waals surface area contributed by atoms with Crippen LogP contribution in [0.2, 0.25) is 10.0 Å². The second-order valence-electron chi connectivity index (χ2n) is 7.17. The van der Waals surface area contributed by atoms with Gasteiger partial charge in [0.2, 0.25) is 5.91 Å². The predicted octanol–water partition coefficient (Wildman–Crippen LogP) is 5.55. The maximum atomic E-state index is 12.9. The van der Waals surface area contributed by atoms with Crippen LogP contribution in [0.15, 0.2) is 36.4 Å². The normalized spacial score (nSPS) is 15.4. The van der Waals surface area contributed by atoms with Crippen molar-refractivity contribution < 1.29 is 27.5 Å². The lowest BCUT2D eigenvalue weighted by Crippen LogP contribution is -2.53. The first kappa shape index (κ1) is 22.2. The number of rotatable bonds is 4. The van der Waals surface area contributed by atoms with Gasteiger partial charge in [-0.05, 0) is 50.2 Å². The summed E-state index contributed by atoms with van der Waals surface area (Å²) in [5.41, 5.74) is -1.83. The van der Waals surface area contributed by atoms with Gasteiger partial charge in [0.1, 0.15) is 5.75 Å². The molecule has 0 atom stereocenters. The standard InChI is InChI=1S/C20H17Cl2F3N2O3/c1-19(2)18(29)27(15-10-12(21)4-6-16(15)30-19)8-7-17(28)26-14-9-11(20(23,24)25)3-5-13(14)22/h3-6,9-10H,7-8H2,1-2H3,(H,26,28). The van der Waals surface area contributed by atoms with E-state index in [0.29, 0.717) is 16.5 Å². The summed E-state index contributed by atoms with van der Waals surface area (Å²) < 4.78 is 44.4. The number of hydrogen-bond acceptors (Lipinski definition) is 3. The van der Waals surface area contributed by atoms with Crippen molar-refractivity contribution in [3.8, 4) is 5.75 Å². The quantitative estimate of drug-likeness (QED) is 0.650. The van der Waals surface area contributed by atoms with E-state index in [1.165, 1.54) is 4.90 Å². The molecule has 0 bridgehead atoms. The van der Waals surface area contributed by atoms with Gasteiger partial charge in [-0.3, -0.25) is 9.59 Å². The number of carbonyl (C=O) groups is 2. The van der Waals surface area contributed by atoms with Crippen LogP contribution in [0.3, 0.4) is 0 Å². The Morgan fingerprint density at radius 3 is 2.53 bits per heavy atom. The minimum atomic E-state index is -4.57. The van der Waals surface area contributed by atoms with Gasteiger partial charge < -0.3 is 15.0 Å². The second kappa shape index (κ2) is 8.00. The van der Waals surface area contributed by atoms with Crippen LogP contribution in [0, 0.1) is 0 Å². The summed E-state index contributed by atoms with van der Waals surface area (Å²) in [4.78, 5) is 26.5. The van der Waals surface area contributed by atoms with Crippen molar-refractivity contribution in [1.29, 1.82) is 0 Å². The zero-order chi connectivity index (χ0) is 22.3. The number of amides is 2. The van der Waals surface area contributed by atoms with Gasteiger partial charge in [0.05, 0.1) is 22.0 Å². The largest absolute Gasteiger partial charge is 0.476 e. The Hall–Kier alpha value is -2.45. The molecule has 3 rings (SSSR count). The number of nitrogens with one attached hydrogen (secondary N) is 1. The number of halogens is 5. The van der Waals surface area contributed by atoms with E-state index in [-0.39, 0.29) is 29.6 Å². The van der Waals surface area contributed by atoms with Crippen molar-refractivity contribution in [2.75, 3.05) is 16.8 Å². The van der Waals surface area contributed by atoms with E-state index in [0.717, 1.165) is 18.2 Å². The highest BCUT2D eigenvalue weighted by atomic mass is 35.5. The fourth-order valence-corrected chi connectivity index (χ4v) is 3.32. The van der Waals surface area contributed by atoms with Crippen LogP contribution in [-0.2, 0) is 15.8 Å². The molecule has 0 radical (unpaired) electrons. The lowest BCUT2D eigenvalue weighted by molar-refractivity contribution is -0.137. The third-order valence-electron chi connectivity index (χ3n) is 4.47. The van der Waals surface area contributed by atoms with Gasteiger partial charge in [0.15, 0.2) is 5.60 Å².